The molecule has 0 aliphatic heterocycles. The number of carboxylic acids is 1. The summed E-state index contributed by atoms with van der Waals surface area (Å²) in [4.78, 5) is 15.9. The average Bonchev–Trinajstić information content (AvgIpc) is 3.30. The Balaban J connectivity index is 1.62. The van der Waals surface area contributed by atoms with Crippen LogP contribution in [0.25, 0.3) is 16.8 Å². The van der Waals surface area contributed by atoms with E-state index < -0.39 is 5.97 Å². The molecular formula is C23H24FN5O3. The second-order valence-electron chi connectivity index (χ2n) is 7.51. The zero-order chi connectivity index (χ0) is 22.8. The van der Waals surface area contributed by atoms with Gasteiger partial charge in [0.1, 0.15) is 17.2 Å². The van der Waals surface area contributed by atoms with Crippen molar-refractivity contribution >= 4 is 11.6 Å². The zero-order valence-corrected chi connectivity index (χ0v) is 17.9. The van der Waals surface area contributed by atoms with Crippen LogP contribution in [0, 0.1) is 12.7 Å². The summed E-state index contributed by atoms with van der Waals surface area (Å²) >= 11 is 0. The SMILES string of the molecule is Cc1c(CCOc2ccc(F)cc2-c2ccc3ncc(CCN)n3c2)c(C(=O)O)nn1C. The van der Waals surface area contributed by atoms with Crippen LogP contribution in [0.4, 0.5) is 4.39 Å². The molecule has 3 heterocycles. The Morgan fingerprint density at radius 1 is 1.25 bits per heavy atom. The second-order valence-corrected chi connectivity index (χ2v) is 7.51. The standard InChI is InChI=1S/C23H24FN5O3/c1-14-18(22(23(30)31)27-28(14)2)8-10-32-20-5-4-16(24)11-19(20)15-3-6-21-26-12-17(7-9-25)29(21)13-15/h3-6,11-13H,7-10,25H2,1-2H3,(H,30,31). The lowest BCUT2D eigenvalue weighted by Gasteiger charge is -2.13. The van der Waals surface area contributed by atoms with E-state index >= 15 is 0 Å². The number of hydrogen-bond donors (Lipinski definition) is 2. The van der Waals surface area contributed by atoms with E-state index in [1.54, 1.807) is 24.0 Å². The number of rotatable bonds is 8. The van der Waals surface area contributed by atoms with Crippen molar-refractivity contribution < 1.29 is 19.0 Å². The molecule has 3 aromatic heterocycles. The second kappa shape index (κ2) is 8.80. The molecule has 0 spiro atoms. The number of ether oxygens (including phenoxy) is 1. The molecule has 0 atom stereocenters. The number of aromatic nitrogens is 4. The molecule has 0 aliphatic rings. The third-order valence-corrected chi connectivity index (χ3v) is 5.51. The molecule has 8 nitrogen and oxygen atoms in total. The molecule has 0 amide bonds. The molecule has 9 heteroatoms. The van der Waals surface area contributed by atoms with Gasteiger partial charge in [-0.25, -0.2) is 14.2 Å². The Labute approximate surface area is 184 Å². The van der Waals surface area contributed by atoms with E-state index in [1.807, 2.05) is 29.7 Å². The van der Waals surface area contributed by atoms with Gasteiger partial charge in [-0.15, -0.1) is 0 Å². The Morgan fingerprint density at radius 3 is 2.81 bits per heavy atom. The van der Waals surface area contributed by atoms with Crippen molar-refractivity contribution in [2.45, 2.75) is 19.8 Å². The Bertz CT molecular complexity index is 1290. The summed E-state index contributed by atoms with van der Waals surface area (Å²) in [6.45, 7) is 2.53. The number of carbonyl (C=O) groups is 1. The van der Waals surface area contributed by atoms with Gasteiger partial charge in [0.15, 0.2) is 5.69 Å². The van der Waals surface area contributed by atoms with Crippen LogP contribution < -0.4 is 10.5 Å². The van der Waals surface area contributed by atoms with Gasteiger partial charge >= 0.3 is 5.97 Å². The number of aromatic carboxylic acids is 1. The Hall–Kier alpha value is -3.72. The normalized spacial score (nSPS) is 11.2. The van der Waals surface area contributed by atoms with Gasteiger partial charge in [0.05, 0.1) is 6.61 Å². The topological polar surface area (TPSA) is 108 Å². The lowest BCUT2D eigenvalue weighted by atomic mass is 10.1. The molecule has 166 valence electrons. The Kier molecular flexibility index (Phi) is 5.91. The lowest BCUT2D eigenvalue weighted by molar-refractivity contribution is 0.0688. The number of hydrogen-bond acceptors (Lipinski definition) is 5. The van der Waals surface area contributed by atoms with Crippen molar-refractivity contribution in [1.82, 2.24) is 19.2 Å². The fraction of sp³-hybridized carbons (Fsp3) is 0.261. The van der Waals surface area contributed by atoms with Crippen LogP contribution in [-0.4, -0.2) is 43.4 Å². The van der Waals surface area contributed by atoms with Gasteiger partial charge in [-0.2, -0.15) is 5.10 Å². The molecule has 0 unspecified atom stereocenters. The van der Waals surface area contributed by atoms with Crippen LogP contribution in [0.2, 0.25) is 0 Å². The summed E-state index contributed by atoms with van der Waals surface area (Å²) in [5, 5.41) is 13.5. The highest BCUT2D eigenvalue weighted by atomic mass is 19.1. The lowest BCUT2D eigenvalue weighted by Crippen LogP contribution is -2.08. The molecule has 4 aromatic rings. The minimum Gasteiger partial charge on any atom is -0.493 e. The summed E-state index contributed by atoms with van der Waals surface area (Å²) in [7, 11) is 1.70. The molecule has 32 heavy (non-hydrogen) atoms. The largest absolute Gasteiger partial charge is 0.493 e. The Morgan fingerprint density at radius 2 is 2.06 bits per heavy atom. The van der Waals surface area contributed by atoms with Crippen LogP contribution in [0.1, 0.15) is 27.4 Å². The summed E-state index contributed by atoms with van der Waals surface area (Å²) in [5.74, 6) is -0.950. The number of halogens is 1. The third kappa shape index (κ3) is 4.06. The van der Waals surface area contributed by atoms with Gasteiger partial charge in [0.2, 0.25) is 0 Å². The molecule has 1 aromatic carbocycles. The first-order valence-electron chi connectivity index (χ1n) is 10.2. The molecule has 0 saturated heterocycles. The van der Waals surface area contributed by atoms with Crippen molar-refractivity contribution in [3.8, 4) is 16.9 Å². The van der Waals surface area contributed by atoms with E-state index in [0.29, 0.717) is 36.3 Å². The highest BCUT2D eigenvalue weighted by Crippen LogP contribution is 2.31. The summed E-state index contributed by atoms with van der Waals surface area (Å²) in [6, 6.07) is 8.07. The molecule has 3 N–H and O–H groups in total. The van der Waals surface area contributed by atoms with Gasteiger partial charge in [0.25, 0.3) is 0 Å². The zero-order valence-electron chi connectivity index (χ0n) is 17.9. The van der Waals surface area contributed by atoms with Crippen molar-refractivity contribution in [1.29, 1.82) is 0 Å². The summed E-state index contributed by atoms with van der Waals surface area (Å²) in [5.41, 5.74) is 10.2. The molecule has 0 radical (unpaired) electrons. The van der Waals surface area contributed by atoms with Crippen LogP contribution in [0.5, 0.6) is 5.75 Å². The van der Waals surface area contributed by atoms with E-state index in [9.17, 15) is 14.3 Å². The molecule has 4 rings (SSSR count). The molecule has 0 aliphatic carbocycles. The number of carboxylic acid groups (broad SMARTS) is 1. The molecule has 0 saturated carbocycles. The quantitative estimate of drug-likeness (QED) is 0.439. The number of pyridine rings is 1. The first kappa shape index (κ1) is 21.5. The van der Waals surface area contributed by atoms with Crippen LogP contribution >= 0.6 is 0 Å². The third-order valence-electron chi connectivity index (χ3n) is 5.51. The maximum Gasteiger partial charge on any atom is 0.356 e. The van der Waals surface area contributed by atoms with E-state index in [4.69, 9.17) is 10.5 Å². The summed E-state index contributed by atoms with van der Waals surface area (Å²) in [6.07, 6.45) is 4.71. The van der Waals surface area contributed by atoms with E-state index in [2.05, 4.69) is 10.1 Å². The molecule has 0 fully saturated rings. The number of aryl methyl sites for hydroxylation is 1. The van der Waals surface area contributed by atoms with E-state index in [0.717, 1.165) is 22.6 Å². The van der Waals surface area contributed by atoms with Crippen LogP contribution in [-0.2, 0) is 19.9 Å². The summed E-state index contributed by atoms with van der Waals surface area (Å²) < 4.78 is 23.6. The van der Waals surface area contributed by atoms with Crippen molar-refractivity contribution in [3.05, 3.63) is 71.2 Å². The first-order chi connectivity index (χ1) is 15.4. The predicted octanol–water partition coefficient (Wildman–Crippen LogP) is 3.00. The molecular weight excluding hydrogens is 413 g/mol. The van der Waals surface area contributed by atoms with Gasteiger partial charge in [-0.05, 0) is 43.8 Å². The average molecular weight is 437 g/mol. The van der Waals surface area contributed by atoms with Crippen LogP contribution in [0.3, 0.4) is 0 Å². The van der Waals surface area contributed by atoms with Crippen molar-refractivity contribution in [2.24, 2.45) is 12.8 Å². The van der Waals surface area contributed by atoms with Gasteiger partial charge in [-0.3, -0.25) is 4.68 Å². The first-order valence-corrected chi connectivity index (χ1v) is 10.2. The number of fused-ring (bicyclic) bond motifs is 1. The predicted molar refractivity (Wildman–Crippen MR) is 117 cm³/mol. The van der Waals surface area contributed by atoms with Crippen LogP contribution in [0.15, 0.2) is 42.7 Å². The number of nitrogens with two attached hydrogens (primary N) is 1. The highest BCUT2D eigenvalue weighted by Gasteiger charge is 2.19. The maximum atomic E-state index is 14.1. The fourth-order valence-electron chi connectivity index (χ4n) is 3.76. The number of benzene rings is 1. The van der Waals surface area contributed by atoms with Crippen molar-refractivity contribution in [2.75, 3.05) is 13.2 Å². The monoisotopic (exact) mass is 437 g/mol. The smallest absolute Gasteiger partial charge is 0.356 e. The van der Waals surface area contributed by atoms with E-state index in [1.165, 1.54) is 12.1 Å². The van der Waals surface area contributed by atoms with Crippen molar-refractivity contribution in [3.63, 3.8) is 0 Å². The van der Waals surface area contributed by atoms with Gasteiger partial charge in [0, 0.05) is 60.4 Å². The highest BCUT2D eigenvalue weighted by molar-refractivity contribution is 5.87. The minimum absolute atomic E-state index is 0.0194. The van der Waals surface area contributed by atoms with E-state index in [-0.39, 0.29) is 18.1 Å². The maximum absolute atomic E-state index is 14.1. The number of nitrogens with zero attached hydrogens (tertiary/aromatic N) is 4. The molecule has 0 bridgehead atoms. The minimum atomic E-state index is -1.08. The van der Waals surface area contributed by atoms with Gasteiger partial charge in [-0.1, -0.05) is 0 Å². The van der Waals surface area contributed by atoms with Gasteiger partial charge < -0.3 is 20.0 Å². The fourth-order valence-corrected chi connectivity index (χ4v) is 3.76. The number of imidazole rings is 1.